The van der Waals surface area contributed by atoms with Gasteiger partial charge in [-0.15, -0.1) is 0 Å². The molecule has 6 heteroatoms. The molecule has 1 heterocycles. The highest BCUT2D eigenvalue weighted by atomic mass is 79.9. The van der Waals surface area contributed by atoms with Gasteiger partial charge in [0.1, 0.15) is 5.75 Å². The summed E-state index contributed by atoms with van der Waals surface area (Å²) in [6.07, 6.45) is 5.85. The monoisotopic (exact) mass is 439 g/mol. The van der Waals surface area contributed by atoms with Crippen molar-refractivity contribution in [2.24, 2.45) is 0 Å². The quantitative estimate of drug-likeness (QED) is 0.618. The number of carbonyl (C=O) groups is 1. The number of methoxy groups -OCH3 is 1. The van der Waals surface area contributed by atoms with E-state index in [1.165, 1.54) is 5.56 Å². The van der Waals surface area contributed by atoms with Crippen LogP contribution in [0, 0.1) is 6.92 Å². The molecule has 2 aromatic carbocycles. The highest BCUT2D eigenvalue weighted by Crippen LogP contribution is 2.47. The second-order valence-electron chi connectivity index (χ2n) is 7.28. The van der Waals surface area contributed by atoms with Crippen LogP contribution in [0.4, 0.5) is 0 Å². The predicted molar refractivity (Wildman–Crippen MR) is 112 cm³/mol. The van der Waals surface area contributed by atoms with Crippen LogP contribution in [0.15, 0.2) is 59.5 Å². The van der Waals surface area contributed by atoms with E-state index in [1.54, 1.807) is 19.5 Å². The lowest BCUT2D eigenvalue weighted by atomic mass is 9.96. The SMILES string of the molecule is COc1cc(C(=O)NCC2(c3ccc(Br)cc3)CC2)ccc1-n1cnc(C)c1. The molecule has 4 rings (SSSR count). The Kier molecular flexibility index (Phi) is 4.98. The largest absolute Gasteiger partial charge is 0.495 e. The summed E-state index contributed by atoms with van der Waals surface area (Å²) < 4.78 is 8.46. The van der Waals surface area contributed by atoms with Crippen LogP contribution in [0.25, 0.3) is 5.69 Å². The van der Waals surface area contributed by atoms with Gasteiger partial charge in [-0.25, -0.2) is 4.98 Å². The topological polar surface area (TPSA) is 56.1 Å². The van der Waals surface area contributed by atoms with Crippen LogP contribution < -0.4 is 10.1 Å². The minimum atomic E-state index is -0.0879. The fourth-order valence-electron chi connectivity index (χ4n) is 3.46. The predicted octanol–water partition coefficient (Wildman–Crippen LogP) is 4.41. The molecule has 1 aliphatic carbocycles. The second-order valence-corrected chi connectivity index (χ2v) is 8.19. The van der Waals surface area contributed by atoms with Gasteiger partial charge in [-0.3, -0.25) is 4.79 Å². The van der Waals surface area contributed by atoms with Crippen molar-refractivity contribution in [3.8, 4) is 11.4 Å². The number of hydrogen-bond acceptors (Lipinski definition) is 3. The third kappa shape index (κ3) is 3.69. The lowest BCUT2D eigenvalue weighted by molar-refractivity contribution is 0.0949. The zero-order chi connectivity index (χ0) is 19.7. The number of imidazole rings is 1. The van der Waals surface area contributed by atoms with Crippen molar-refractivity contribution in [2.75, 3.05) is 13.7 Å². The van der Waals surface area contributed by atoms with Gasteiger partial charge in [-0.2, -0.15) is 0 Å². The molecule has 0 unspecified atom stereocenters. The molecule has 5 nitrogen and oxygen atoms in total. The van der Waals surface area contributed by atoms with Crippen molar-refractivity contribution in [1.82, 2.24) is 14.9 Å². The third-order valence-electron chi connectivity index (χ3n) is 5.33. The second kappa shape index (κ2) is 7.43. The van der Waals surface area contributed by atoms with E-state index in [-0.39, 0.29) is 11.3 Å². The molecule has 0 radical (unpaired) electrons. The van der Waals surface area contributed by atoms with Crippen molar-refractivity contribution < 1.29 is 9.53 Å². The standard InChI is InChI=1S/C22H22BrN3O2/c1-15-12-26(14-25-15)19-8-3-16(11-20(19)28-2)21(27)24-13-22(9-10-22)17-4-6-18(23)7-5-17/h3-8,11-12,14H,9-10,13H2,1-2H3,(H,24,27). The summed E-state index contributed by atoms with van der Waals surface area (Å²) in [6, 6.07) is 13.9. The van der Waals surface area contributed by atoms with Crippen molar-refractivity contribution in [1.29, 1.82) is 0 Å². The molecule has 0 spiro atoms. The maximum absolute atomic E-state index is 12.7. The number of aryl methyl sites for hydroxylation is 1. The first-order valence-electron chi connectivity index (χ1n) is 9.24. The number of benzene rings is 2. The van der Waals surface area contributed by atoms with Gasteiger partial charge in [0.2, 0.25) is 0 Å². The van der Waals surface area contributed by atoms with Crippen LogP contribution >= 0.6 is 15.9 Å². The van der Waals surface area contributed by atoms with Crippen molar-refractivity contribution in [3.05, 3.63) is 76.3 Å². The van der Waals surface area contributed by atoms with Gasteiger partial charge in [0.05, 0.1) is 24.8 Å². The van der Waals surface area contributed by atoms with Crippen LogP contribution in [0.5, 0.6) is 5.75 Å². The summed E-state index contributed by atoms with van der Waals surface area (Å²) in [7, 11) is 1.61. The fourth-order valence-corrected chi connectivity index (χ4v) is 3.72. The Bertz CT molecular complexity index is 1010. The van der Waals surface area contributed by atoms with E-state index in [0.29, 0.717) is 17.9 Å². The lowest BCUT2D eigenvalue weighted by Crippen LogP contribution is -2.32. The maximum atomic E-state index is 12.7. The Labute approximate surface area is 172 Å². The first kappa shape index (κ1) is 18.7. The van der Waals surface area contributed by atoms with Gasteiger partial charge in [0.15, 0.2) is 0 Å². The molecule has 1 N–H and O–H groups in total. The molecular weight excluding hydrogens is 418 g/mol. The number of ether oxygens (including phenoxy) is 1. The van der Waals surface area contributed by atoms with Gasteiger partial charge >= 0.3 is 0 Å². The number of aromatic nitrogens is 2. The van der Waals surface area contributed by atoms with Crippen LogP contribution in [0.2, 0.25) is 0 Å². The van der Waals surface area contributed by atoms with E-state index in [1.807, 2.05) is 29.8 Å². The number of nitrogens with zero attached hydrogens (tertiary/aromatic N) is 2. The van der Waals surface area contributed by atoms with Gasteiger partial charge in [-0.05, 0) is 55.7 Å². The minimum Gasteiger partial charge on any atom is -0.495 e. The zero-order valence-corrected chi connectivity index (χ0v) is 17.5. The van der Waals surface area contributed by atoms with Gasteiger partial charge < -0.3 is 14.6 Å². The number of hydrogen-bond donors (Lipinski definition) is 1. The molecule has 1 aliphatic rings. The number of nitrogens with one attached hydrogen (secondary N) is 1. The number of carbonyl (C=O) groups excluding carboxylic acids is 1. The summed E-state index contributed by atoms with van der Waals surface area (Å²) in [5.41, 5.74) is 3.71. The van der Waals surface area contributed by atoms with E-state index < -0.39 is 0 Å². The molecule has 1 saturated carbocycles. The molecule has 0 bridgehead atoms. The van der Waals surface area contributed by atoms with Crippen molar-refractivity contribution in [2.45, 2.75) is 25.2 Å². The number of halogens is 1. The summed E-state index contributed by atoms with van der Waals surface area (Å²) in [5, 5.41) is 3.10. The maximum Gasteiger partial charge on any atom is 0.251 e. The Morgan fingerprint density at radius 3 is 2.61 bits per heavy atom. The third-order valence-corrected chi connectivity index (χ3v) is 5.86. The molecule has 0 atom stereocenters. The number of rotatable bonds is 6. The van der Waals surface area contributed by atoms with E-state index in [2.05, 4.69) is 50.5 Å². The molecule has 0 aliphatic heterocycles. The van der Waals surface area contributed by atoms with Crippen molar-refractivity contribution >= 4 is 21.8 Å². The van der Waals surface area contributed by atoms with E-state index >= 15 is 0 Å². The lowest BCUT2D eigenvalue weighted by Gasteiger charge is -2.17. The minimum absolute atomic E-state index is 0.0642. The summed E-state index contributed by atoms with van der Waals surface area (Å²) >= 11 is 3.48. The van der Waals surface area contributed by atoms with E-state index in [4.69, 9.17) is 4.74 Å². The fraction of sp³-hybridized carbons (Fsp3) is 0.273. The van der Waals surface area contributed by atoms with Gasteiger partial charge in [-0.1, -0.05) is 28.1 Å². The first-order valence-corrected chi connectivity index (χ1v) is 10.0. The molecule has 1 aromatic heterocycles. The Morgan fingerprint density at radius 2 is 2.00 bits per heavy atom. The highest BCUT2D eigenvalue weighted by Gasteiger charge is 2.44. The highest BCUT2D eigenvalue weighted by molar-refractivity contribution is 9.10. The van der Waals surface area contributed by atoms with Gasteiger partial charge in [0, 0.05) is 28.2 Å². The van der Waals surface area contributed by atoms with E-state index in [0.717, 1.165) is 28.7 Å². The molecule has 28 heavy (non-hydrogen) atoms. The molecule has 144 valence electrons. The Hall–Kier alpha value is -2.60. The van der Waals surface area contributed by atoms with Crippen LogP contribution in [-0.2, 0) is 5.41 Å². The van der Waals surface area contributed by atoms with Crippen LogP contribution in [0.1, 0.15) is 34.5 Å². The van der Waals surface area contributed by atoms with E-state index in [9.17, 15) is 4.79 Å². The number of amides is 1. The van der Waals surface area contributed by atoms with Crippen LogP contribution in [0.3, 0.4) is 0 Å². The normalized spacial score (nSPS) is 14.5. The molecular formula is C22H22BrN3O2. The smallest absolute Gasteiger partial charge is 0.251 e. The average molecular weight is 440 g/mol. The Morgan fingerprint density at radius 1 is 1.25 bits per heavy atom. The molecule has 0 saturated heterocycles. The molecule has 1 amide bonds. The summed E-state index contributed by atoms with van der Waals surface area (Å²) in [5.74, 6) is 0.550. The summed E-state index contributed by atoms with van der Waals surface area (Å²) in [6.45, 7) is 2.57. The van der Waals surface area contributed by atoms with Gasteiger partial charge in [0.25, 0.3) is 5.91 Å². The first-order chi connectivity index (χ1) is 13.5. The van der Waals surface area contributed by atoms with Crippen LogP contribution in [-0.4, -0.2) is 29.1 Å². The van der Waals surface area contributed by atoms with Crippen molar-refractivity contribution in [3.63, 3.8) is 0 Å². The average Bonchev–Trinajstić information content (AvgIpc) is 3.39. The Balaban J connectivity index is 1.48. The molecule has 3 aromatic rings. The summed E-state index contributed by atoms with van der Waals surface area (Å²) in [4.78, 5) is 17.0. The zero-order valence-electron chi connectivity index (χ0n) is 15.9. The molecule has 1 fully saturated rings.